The summed E-state index contributed by atoms with van der Waals surface area (Å²) in [6.45, 7) is 7.74. The van der Waals surface area contributed by atoms with E-state index in [1.54, 1.807) is 43.0 Å². The Bertz CT molecular complexity index is 2110. The number of carboxylic acids is 1. The molecule has 0 fully saturated rings. The van der Waals surface area contributed by atoms with Crippen molar-refractivity contribution >= 4 is 49.9 Å². The van der Waals surface area contributed by atoms with Crippen LogP contribution in [0.3, 0.4) is 0 Å². The Labute approximate surface area is 256 Å². The zero-order chi connectivity index (χ0) is 30.5. The van der Waals surface area contributed by atoms with Gasteiger partial charge in [-0.1, -0.05) is 11.6 Å². The molecule has 0 aliphatic carbocycles. The molecule has 6 rings (SSSR count). The Balaban J connectivity index is 1.55. The second-order valence-electron chi connectivity index (χ2n) is 11.2. The number of nitrogens with zero attached hydrogens (tertiary/aromatic N) is 4. The molecular weight excluding hydrogens is 584 g/mol. The monoisotopic (exact) mass is 610 g/mol. The van der Waals surface area contributed by atoms with Crippen molar-refractivity contribution in [2.24, 2.45) is 0 Å². The SMILES string of the molecule is Cc1cc2nc(-c3ccnc(-n4ccc5ccncc5c4=O)c3)sc2c(-c2ccc(Cl)cc2OC(C)(C)C)c1CC(=O)O. The number of carboxylic acid groups (broad SMARTS) is 1. The summed E-state index contributed by atoms with van der Waals surface area (Å²) in [5.41, 5.74) is 3.76. The molecule has 8 nitrogen and oxygen atoms in total. The van der Waals surface area contributed by atoms with Crippen LogP contribution in [0.1, 0.15) is 31.9 Å². The highest BCUT2D eigenvalue weighted by atomic mass is 35.5. The van der Waals surface area contributed by atoms with Crippen LogP contribution in [0.2, 0.25) is 5.02 Å². The summed E-state index contributed by atoms with van der Waals surface area (Å²) in [5.74, 6) is 0.0781. The Morgan fingerprint density at radius 1 is 1.09 bits per heavy atom. The minimum absolute atomic E-state index is 0.166. The van der Waals surface area contributed by atoms with Crippen LogP contribution < -0.4 is 10.3 Å². The van der Waals surface area contributed by atoms with E-state index in [2.05, 4.69) is 9.97 Å². The summed E-state index contributed by atoms with van der Waals surface area (Å²) in [5, 5.41) is 12.4. The number of rotatable bonds is 6. The molecule has 0 saturated heterocycles. The topological polar surface area (TPSA) is 107 Å². The summed E-state index contributed by atoms with van der Waals surface area (Å²) >= 11 is 7.83. The third kappa shape index (κ3) is 5.61. The first kappa shape index (κ1) is 28.5. The van der Waals surface area contributed by atoms with Gasteiger partial charge < -0.3 is 9.84 Å². The van der Waals surface area contributed by atoms with Crippen molar-refractivity contribution in [2.75, 3.05) is 0 Å². The molecule has 0 bridgehead atoms. The lowest BCUT2D eigenvalue weighted by Crippen LogP contribution is -2.23. The largest absolute Gasteiger partial charge is 0.487 e. The Hall–Kier alpha value is -4.60. The Kier molecular flexibility index (Phi) is 7.23. The molecule has 1 N–H and O–H groups in total. The van der Waals surface area contributed by atoms with Gasteiger partial charge in [0.15, 0.2) is 0 Å². The highest BCUT2D eigenvalue weighted by Gasteiger charge is 2.24. The molecule has 2 aromatic carbocycles. The van der Waals surface area contributed by atoms with E-state index in [1.165, 1.54) is 15.9 Å². The van der Waals surface area contributed by atoms with Gasteiger partial charge in [-0.15, -0.1) is 11.3 Å². The number of ether oxygens (including phenoxy) is 1. The lowest BCUT2D eigenvalue weighted by atomic mass is 9.92. The van der Waals surface area contributed by atoms with Crippen LogP contribution in [0.4, 0.5) is 0 Å². The van der Waals surface area contributed by atoms with Crippen molar-refractivity contribution in [1.29, 1.82) is 0 Å². The maximum absolute atomic E-state index is 13.2. The van der Waals surface area contributed by atoms with E-state index in [-0.39, 0.29) is 12.0 Å². The zero-order valence-electron chi connectivity index (χ0n) is 23.9. The predicted molar refractivity (Wildman–Crippen MR) is 171 cm³/mol. The first-order chi connectivity index (χ1) is 20.5. The van der Waals surface area contributed by atoms with Gasteiger partial charge in [0, 0.05) is 46.5 Å². The highest BCUT2D eigenvalue weighted by molar-refractivity contribution is 7.22. The number of halogens is 1. The smallest absolute Gasteiger partial charge is 0.307 e. The molecule has 0 atom stereocenters. The second kappa shape index (κ2) is 10.9. The van der Waals surface area contributed by atoms with Gasteiger partial charge in [-0.25, -0.2) is 9.97 Å². The van der Waals surface area contributed by atoms with E-state index in [9.17, 15) is 14.7 Å². The third-order valence-electron chi connectivity index (χ3n) is 6.92. The van der Waals surface area contributed by atoms with Gasteiger partial charge in [0.1, 0.15) is 22.2 Å². The normalized spacial score (nSPS) is 11.7. The summed E-state index contributed by atoms with van der Waals surface area (Å²) in [4.78, 5) is 38.8. The minimum atomic E-state index is -0.935. The summed E-state index contributed by atoms with van der Waals surface area (Å²) in [6.07, 6.45) is 6.39. The van der Waals surface area contributed by atoms with Gasteiger partial charge in [-0.05, 0) is 92.7 Å². The molecule has 4 heterocycles. The molecule has 0 amide bonds. The zero-order valence-corrected chi connectivity index (χ0v) is 25.5. The molecule has 0 spiro atoms. The van der Waals surface area contributed by atoms with E-state index < -0.39 is 11.6 Å². The third-order valence-corrected chi connectivity index (χ3v) is 8.29. The van der Waals surface area contributed by atoms with Crippen LogP contribution in [0.15, 0.2) is 78.1 Å². The number of pyridine rings is 3. The van der Waals surface area contributed by atoms with E-state index >= 15 is 0 Å². The number of hydrogen-bond acceptors (Lipinski definition) is 7. The number of aryl methyl sites for hydroxylation is 1. The Morgan fingerprint density at radius 2 is 1.91 bits per heavy atom. The second-order valence-corrected chi connectivity index (χ2v) is 12.6. The number of hydrogen-bond donors (Lipinski definition) is 1. The predicted octanol–water partition coefficient (Wildman–Crippen LogP) is 7.49. The van der Waals surface area contributed by atoms with E-state index in [0.29, 0.717) is 32.5 Å². The van der Waals surface area contributed by atoms with E-state index in [4.69, 9.17) is 21.3 Å². The van der Waals surface area contributed by atoms with Crippen molar-refractivity contribution < 1.29 is 14.6 Å². The standard InChI is InChI=1S/C33H27ClN4O4S/c1-18-13-25-30(29(23(18)16-28(39)40)22-6-5-21(34)15-26(22)42-33(2,3)4)43-31(37-25)20-8-11-36-27(14-20)38-12-9-19-7-10-35-17-24(19)32(38)41/h5-15,17H,16H2,1-4H3,(H,39,40). The van der Waals surface area contributed by atoms with Crippen molar-refractivity contribution in [3.63, 3.8) is 0 Å². The Morgan fingerprint density at radius 3 is 2.67 bits per heavy atom. The maximum atomic E-state index is 13.2. The van der Waals surface area contributed by atoms with Gasteiger partial charge in [-0.2, -0.15) is 0 Å². The average molecular weight is 611 g/mol. The fraction of sp³-hybridized carbons (Fsp3) is 0.182. The maximum Gasteiger partial charge on any atom is 0.307 e. The molecule has 0 aliphatic heterocycles. The lowest BCUT2D eigenvalue weighted by Gasteiger charge is -2.24. The number of aromatic nitrogens is 4. The number of benzene rings is 2. The molecule has 4 aromatic heterocycles. The summed E-state index contributed by atoms with van der Waals surface area (Å²) < 4.78 is 8.64. The van der Waals surface area contributed by atoms with Crippen molar-refractivity contribution in [2.45, 2.75) is 39.7 Å². The van der Waals surface area contributed by atoms with Crippen molar-refractivity contribution in [3.05, 3.63) is 99.8 Å². The lowest BCUT2D eigenvalue weighted by molar-refractivity contribution is -0.136. The average Bonchev–Trinajstić information content (AvgIpc) is 3.37. The molecule has 0 radical (unpaired) electrons. The van der Waals surface area contributed by atoms with Gasteiger partial charge in [0.25, 0.3) is 5.56 Å². The fourth-order valence-electron chi connectivity index (χ4n) is 5.08. The van der Waals surface area contributed by atoms with Gasteiger partial charge in [0.05, 0.1) is 22.0 Å². The van der Waals surface area contributed by atoms with Crippen LogP contribution in [-0.4, -0.2) is 36.2 Å². The van der Waals surface area contributed by atoms with Gasteiger partial charge in [0.2, 0.25) is 0 Å². The summed E-state index contributed by atoms with van der Waals surface area (Å²) in [7, 11) is 0. The number of thiazole rings is 1. The van der Waals surface area contributed by atoms with Crippen LogP contribution in [0.25, 0.3) is 48.5 Å². The molecule has 0 saturated carbocycles. The number of carbonyl (C=O) groups is 1. The molecular formula is C33H27ClN4O4S. The van der Waals surface area contributed by atoms with Gasteiger partial charge in [-0.3, -0.25) is 19.1 Å². The van der Waals surface area contributed by atoms with E-state index in [0.717, 1.165) is 37.9 Å². The van der Waals surface area contributed by atoms with Crippen LogP contribution in [0, 0.1) is 6.92 Å². The minimum Gasteiger partial charge on any atom is -0.487 e. The van der Waals surface area contributed by atoms with E-state index in [1.807, 2.05) is 58.0 Å². The molecule has 10 heteroatoms. The highest BCUT2D eigenvalue weighted by Crippen LogP contribution is 2.45. The molecule has 6 aromatic rings. The fourth-order valence-corrected chi connectivity index (χ4v) is 6.37. The van der Waals surface area contributed by atoms with Crippen LogP contribution in [0.5, 0.6) is 5.75 Å². The molecule has 216 valence electrons. The van der Waals surface area contributed by atoms with Crippen molar-refractivity contribution in [3.8, 4) is 33.3 Å². The molecule has 0 unspecified atom stereocenters. The quantitative estimate of drug-likeness (QED) is 0.208. The molecule has 0 aliphatic rings. The van der Waals surface area contributed by atoms with Gasteiger partial charge >= 0.3 is 5.97 Å². The molecule has 43 heavy (non-hydrogen) atoms. The first-order valence-electron chi connectivity index (χ1n) is 13.5. The summed E-state index contributed by atoms with van der Waals surface area (Å²) in [6, 6.07) is 14.6. The van der Waals surface area contributed by atoms with Crippen molar-refractivity contribution in [1.82, 2.24) is 19.5 Å². The first-order valence-corrected chi connectivity index (χ1v) is 14.7. The van der Waals surface area contributed by atoms with Crippen LogP contribution in [-0.2, 0) is 11.2 Å². The number of aliphatic carboxylic acids is 1. The number of fused-ring (bicyclic) bond motifs is 2. The van der Waals surface area contributed by atoms with Crippen LogP contribution >= 0.6 is 22.9 Å².